The molecule has 0 aliphatic rings. The first-order valence-electron chi connectivity index (χ1n) is 4.93. The van der Waals surface area contributed by atoms with Crippen molar-refractivity contribution in [2.24, 2.45) is 5.73 Å². The van der Waals surface area contributed by atoms with Gasteiger partial charge in [-0.15, -0.1) is 0 Å². The van der Waals surface area contributed by atoms with Gasteiger partial charge in [-0.05, 0) is 13.0 Å². The topological polar surface area (TPSA) is 111 Å². The zero-order chi connectivity index (χ0) is 12.6. The molecule has 1 aromatic carbocycles. The van der Waals surface area contributed by atoms with Gasteiger partial charge in [-0.25, -0.2) is 4.98 Å². The molecule has 2 aromatic rings. The lowest BCUT2D eigenvalue weighted by Gasteiger charge is -2.04. The van der Waals surface area contributed by atoms with Crippen molar-refractivity contribution in [3.63, 3.8) is 0 Å². The second-order valence-electron chi connectivity index (χ2n) is 3.70. The van der Waals surface area contributed by atoms with E-state index in [9.17, 15) is 10.1 Å². The number of rotatable bonds is 3. The van der Waals surface area contributed by atoms with E-state index in [1.807, 2.05) is 0 Å². The summed E-state index contributed by atoms with van der Waals surface area (Å²) in [4.78, 5) is 14.4. The molecule has 7 nitrogen and oxygen atoms in total. The minimum Gasteiger partial charge on any atom is -0.386 e. The van der Waals surface area contributed by atoms with Gasteiger partial charge in [0, 0.05) is 12.1 Å². The number of nitro groups is 1. The van der Waals surface area contributed by atoms with Gasteiger partial charge in [0.1, 0.15) is 11.7 Å². The number of hydrogen-bond acceptors (Lipinski definition) is 4. The molecule has 17 heavy (non-hydrogen) atoms. The molecule has 0 fully saturated rings. The van der Waals surface area contributed by atoms with Gasteiger partial charge in [0.05, 0.1) is 22.5 Å². The number of nitrogens with zero attached hydrogens (tertiary/aromatic N) is 3. The molecule has 0 unspecified atom stereocenters. The number of nitrogens with two attached hydrogens (primary N) is 1. The fraction of sp³-hybridized carbons (Fsp3) is 0.200. The molecule has 0 spiro atoms. The number of amidine groups is 1. The zero-order valence-corrected chi connectivity index (χ0v) is 9.17. The summed E-state index contributed by atoms with van der Waals surface area (Å²) in [7, 11) is 0. The maximum Gasteiger partial charge on any atom is 0.271 e. The lowest BCUT2D eigenvalue weighted by Crippen LogP contribution is -2.18. The molecule has 0 amide bonds. The first-order chi connectivity index (χ1) is 7.99. The molecule has 88 valence electrons. The van der Waals surface area contributed by atoms with Crippen LogP contribution in [-0.4, -0.2) is 20.3 Å². The second kappa shape index (κ2) is 3.85. The van der Waals surface area contributed by atoms with Gasteiger partial charge >= 0.3 is 0 Å². The lowest BCUT2D eigenvalue weighted by molar-refractivity contribution is -0.384. The Morgan fingerprint density at radius 1 is 1.65 bits per heavy atom. The standard InChI is InChI=1S/C10H11N5O2/c1-6-13-8-4-7(15(16)17)2-3-9(8)14(6)5-10(11)12/h2-4H,5H2,1H3,(H3,11,12). The highest BCUT2D eigenvalue weighted by Crippen LogP contribution is 2.21. The summed E-state index contributed by atoms with van der Waals surface area (Å²) in [6.07, 6.45) is 0. The third-order valence-corrected chi connectivity index (χ3v) is 2.46. The number of aromatic nitrogens is 2. The summed E-state index contributed by atoms with van der Waals surface area (Å²) >= 11 is 0. The van der Waals surface area contributed by atoms with Crippen molar-refractivity contribution < 1.29 is 4.92 Å². The highest BCUT2D eigenvalue weighted by molar-refractivity contribution is 5.82. The van der Waals surface area contributed by atoms with Gasteiger partial charge in [0.2, 0.25) is 0 Å². The Hall–Kier alpha value is -2.44. The van der Waals surface area contributed by atoms with Crippen LogP contribution in [0.15, 0.2) is 18.2 Å². The van der Waals surface area contributed by atoms with Crippen LogP contribution >= 0.6 is 0 Å². The molecular weight excluding hydrogens is 222 g/mol. The monoisotopic (exact) mass is 233 g/mol. The van der Waals surface area contributed by atoms with Crippen LogP contribution in [0.1, 0.15) is 5.82 Å². The van der Waals surface area contributed by atoms with E-state index < -0.39 is 4.92 Å². The Balaban J connectivity index is 2.60. The maximum absolute atomic E-state index is 10.6. The normalized spacial score (nSPS) is 10.6. The Kier molecular flexibility index (Phi) is 2.51. The fourth-order valence-corrected chi connectivity index (χ4v) is 1.72. The molecule has 0 bridgehead atoms. The number of aryl methyl sites for hydroxylation is 1. The summed E-state index contributed by atoms with van der Waals surface area (Å²) in [5, 5.41) is 17.9. The van der Waals surface area contributed by atoms with Crippen LogP contribution < -0.4 is 5.73 Å². The minimum absolute atomic E-state index is 0.00461. The summed E-state index contributed by atoms with van der Waals surface area (Å²) in [5.41, 5.74) is 6.63. The van der Waals surface area contributed by atoms with E-state index in [1.165, 1.54) is 12.1 Å². The summed E-state index contributed by atoms with van der Waals surface area (Å²) in [6.45, 7) is 2.01. The van der Waals surface area contributed by atoms with E-state index in [0.717, 1.165) is 5.52 Å². The number of nitrogens with one attached hydrogen (secondary N) is 1. The summed E-state index contributed by atoms with van der Waals surface area (Å²) in [5.74, 6) is 0.696. The van der Waals surface area contributed by atoms with E-state index in [2.05, 4.69) is 4.98 Å². The molecule has 1 aromatic heterocycles. The Labute approximate surface area is 96.5 Å². The molecule has 0 atom stereocenters. The molecule has 0 radical (unpaired) electrons. The smallest absolute Gasteiger partial charge is 0.271 e. The molecule has 0 aliphatic heterocycles. The molecule has 3 N–H and O–H groups in total. The van der Waals surface area contributed by atoms with Crippen molar-refractivity contribution in [1.29, 1.82) is 5.41 Å². The molecule has 2 rings (SSSR count). The van der Waals surface area contributed by atoms with Crippen LogP contribution in [0, 0.1) is 22.4 Å². The maximum atomic E-state index is 10.6. The quantitative estimate of drug-likeness (QED) is 0.359. The summed E-state index contributed by atoms with van der Waals surface area (Å²) < 4.78 is 1.75. The number of non-ortho nitro benzene ring substituents is 1. The van der Waals surface area contributed by atoms with E-state index in [4.69, 9.17) is 11.1 Å². The van der Waals surface area contributed by atoms with Crippen LogP contribution in [0.25, 0.3) is 11.0 Å². The highest BCUT2D eigenvalue weighted by atomic mass is 16.6. The van der Waals surface area contributed by atoms with Crippen LogP contribution in [0.2, 0.25) is 0 Å². The molecule has 7 heteroatoms. The number of imidazole rings is 1. The van der Waals surface area contributed by atoms with Gasteiger partial charge in [0.15, 0.2) is 0 Å². The van der Waals surface area contributed by atoms with Crippen molar-refractivity contribution in [2.75, 3.05) is 0 Å². The van der Waals surface area contributed by atoms with Crippen LogP contribution in [-0.2, 0) is 6.54 Å². The second-order valence-corrected chi connectivity index (χ2v) is 3.70. The number of fused-ring (bicyclic) bond motifs is 1. The molecule has 0 saturated carbocycles. The van der Waals surface area contributed by atoms with Gasteiger partial charge in [-0.1, -0.05) is 0 Å². The number of nitro benzene ring substituents is 1. The average Bonchev–Trinajstić information content (AvgIpc) is 2.54. The van der Waals surface area contributed by atoms with E-state index in [0.29, 0.717) is 11.3 Å². The van der Waals surface area contributed by atoms with Crippen molar-refractivity contribution >= 4 is 22.6 Å². The molecular formula is C10H11N5O2. The SMILES string of the molecule is Cc1nc2cc([N+](=O)[O-])ccc2n1CC(=N)N. The number of benzene rings is 1. The predicted octanol–water partition coefficient (Wildman–Crippen LogP) is 1.19. The lowest BCUT2D eigenvalue weighted by atomic mass is 10.3. The third kappa shape index (κ3) is 1.94. The average molecular weight is 233 g/mol. The van der Waals surface area contributed by atoms with Gasteiger partial charge in [0.25, 0.3) is 5.69 Å². The molecule has 0 saturated heterocycles. The summed E-state index contributed by atoms with van der Waals surface area (Å²) in [6, 6.07) is 4.45. The van der Waals surface area contributed by atoms with E-state index in [1.54, 1.807) is 17.6 Å². The number of hydrogen-bond donors (Lipinski definition) is 2. The van der Waals surface area contributed by atoms with Crippen molar-refractivity contribution in [3.8, 4) is 0 Å². The zero-order valence-electron chi connectivity index (χ0n) is 9.17. The van der Waals surface area contributed by atoms with E-state index >= 15 is 0 Å². The highest BCUT2D eigenvalue weighted by Gasteiger charge is 2.12. The van der Waals surface area contributed by atoms with Crippen molar-refractivity contribution in [1.82, 2.24) is 9.55 Å². The van der Waals surface area contributed by atoms with E-state index in [-0.39, 0.29) is 18.1 Å². The first-order valence-corrected chi connectivity index (χ1v) is 4.93. The van der Waals surface area contributed by atoms with Crippen LogP contribution in [0.3, 0.4) is 0 Å². The van der Waals surface area contributed by atoms with Crippen molar-refractivity contribution in [2.45, 2.75) is 13.5 Å². The Morgan fingerprint density at radius 2 is 2.35 bits per heavy atom. The van der Waals surface area contributed by atoms with Crippen molar-refractivity contribution in [3.05, 3.63) is 34.1 Å². The van der Waals surface area contributed by atoms with Crippen LogP contribution in [0.5, 0.6) is 0 Å². The third-order valence-electron chi connectivity index (χ3n) is 2.46. The largest absolute Gasteiger partial charge is 0.386 e. The van der Waals surface area contributed by atoms with Gasteiger partial charge < -0.3 is 10.3 Å². The fourth-order valence-electron chi connectivity index (χ4n) is 1.72. The first kappa shape index (κ1) is 11.1. The van der Waals surface area contributed by atoms with Gasteiger partial charge in [-0.2, -0.15) is 0 Å². The molecule has 1 heterocycles. The minimum atomic E-state index is -0.460. The Morgan fingerprint density at radius 3 is 2.94 bits per heavy atom. The van der Waals surface area contributed by atoms with Gasteiger partial charge in [-0.3, -0.25) is 15.5 Å². The molecule has 0 aliphatic carbocycles. The Bertz CT molecular complexity index is 616. The predicted molar refractivity (Wildman–Crippen MR) is 63.0 cm³/mol. The van der Waals surface area contributed by atoms with Crippen LogP contribution in [0.4, 0.5) is 5.69 Å².